The summed E-state index contributed by atoms with van der Waals surface area (Å²) in [5, 5.41) is 26.8. The van der Waals surface area contributed by atoms with Gasteiger partial charge in [-0.2, -0.15) is 36.9 Å². The third kappa shape index (κ3) is 13.7. The number of ether oxygens (including phenoxy) is 2. The van der Waals surface area contributed by atoms with E-state index < -0.39 is 37.7 Å². The standard InChI is InChI=1S/C34H33Cl3N10O10S2/c35-22-8-7-20(13-21(22)31(48)49)46-47-26-17-30(57-10-2-12-59(53,54)55)28(15-24(26)37)42-34-44-32(40-19-5-3-18(38)4-6-19)43-33(45-34)41-27-14-23(36)25(39)16-29(27)56-9-1-11-58(50,51)52/h3-8,13-17H,1-2,9-12,38-39H2,(H,48,49)(H,50,51,52)(H,53,54,55)(H3,40,41,42,43,44,45). The molecule has 0 spiro atoms. The molecule has 0 aliphatic heterocycles. The van der Waals surface area contributed by atoms with Crippen molar-refractivity contribution in [3.05, 3.63) is 87.4 Å². The van der Waals surface area contributed by atoms with Crippen LogP contribution in [0.15, 0.2) is 77.0 Å². The van der Waals surface area contributed by atoms with E-state index in [1.54, 1.807) is 24.3 Å². The van der Waals surface area contributed by atoms with Gasteiger partial charge in [-0.3, -0.25) is 9.11 Å². The number of benzene rings is 4. The molecule has 0 amide bonds. The number of azo groups is 1. The van der Waals surface area contributed by atoms with Gasteiger partial charge in [-0.25, -0.2) is 4.79 Å². The first kappa shape index (κ1) is 44.4. The number of carboxylic acid groups (broad SMARTS) is 1. The first-order valence-electron chi connectivity index (χ1n) is 16.8. The van der Waals surface area contributed by atoms with Gasteiger partial charge in [0.1, 0.15) is 17.2 Å². The van der Waals surface area contributed by atoms with Gasteiger partial charge in [0.05, 0.1) is 68.1 Å². The number of anilines is 8. The minimum atomic E-state index is -4.30. The van der Waals surface area contributed by atoms with Crippen molar-refractivity contribution in [2.45, 2.75) is 12.8 Å². The zero-order valence-electron chi connectivity index (χ0n) is 30.1. The smallest absolute Gasteiger partial charge is 0.337 e. The highest BCUT2D eigenvalue weighted by atomic mass is 35.5. The molecule has 0 atom stereocenters. The largest absolute Gasteiger partial charge is 0.491 e. The van der Waals surface area contributed by atoms with E-state index in [1.165, 1.54) is 42.5 Å². The summed E-state index contributed by atoms with van der Waals surface area (Å²) in [6.45, 7) is -0.333. The molecule has 0 unspecified atom stereocenters. The molecule has 312 valence electrons. The number of carboxylic acids is 1. The SMILES string of the molecule is Nc1ccc(Nc2nc(Nc3cc(Cl)c(N)cc3OCCCS(=O)(=O)O)nc(Nc3cc(Cl)c(N=Nc4ccc(Cl)c(C(=O)O)c4)cc3OCCCS(=O)(=O)O)n2)cc1. The predicted octanol–water partition coefficient (Wildman–Crippen LogP) is 7.65. The number of nitrogen functional groups attached to an aromatic ring is 2. The van der Waals surface area contributed by atoms with E-state index in [2.05, 4.69) is 41.1 Å². The van der Waals surface area contributed by atoms with Crippen LogP contribution < -0.4 is 36.9 Å². The summed E-state index contributed by atoms with van der Waals surface area (Å²) in [7, 11) is -8.53. The summed E-state index contributed by atoms with van der Waals surface area (Å²) in [5.74, 6) is -2.41. The van der Waals surface area contributed by atoms with Gasteiger partial charge in [0.15, 0.2) is 0 Å². The number of aromatic carboxylic acids is 1. The summed E-state index contributed by atoms with van der Waals surface area (Å²) >= 11 is 18.9. The van der Waals surface area contributed by atoms with Crippen LogP contribution >= 0.6 is 34.8 Å². The van der Waals surface area contributed by atoms with Crippen molar-refractivity contribution < 1.29 is 45.3 Å². The summed E-state index contributed by atoms with van der Waals surface area (Å²) in [5.41, 5.74) is 13.4. The maximum absolute atomic E-state index is 11.6. The third-order valence-electron chi connectivity index (χ3n) is 7.51. The molecule has 20 nitrogen and oxygen atoms in total. The molecule has 5 rings (SSSR count). The van der Waals surface area contributed by atoms with Crippen molar-refractivity contribution >= 4 is 119 Å². The Labute approximate surface area is 351 Å². The molecule has 1 aromatic heterocycles. The van der Waals surface area contributed by atoms with Crippen molar-refractivity contribution in [1.29, 1.82) is 0 Å². The highest BCUT2D eigenvalue weighted by molar-refractivity contribution is 7.86. The van der Waals surface area contributed by atoms with Gasteiger partial charge >= 0.3 is 5.97 Å². The van der Waals surface area contributed by atoms with Crippen molar-refractivity contribution in [2.75, 3.05) is 52.1 Å². The van der Waals surface area contributed by atoms with E-state index in [-0.39, 0.29) is 104 Å². The molecule has 5 aromatic rings. The second-order valence-corrected chi connectivity index (χ2v) is 16.5. The number of hydrogen-bond acceptors (Lipinski definition) is 17. The highest BCUT2D eigenvalue weighted by Crippen LogP contribution is 2.39. The molecule has 0 saturated carbocycles. The Balaban J connectivity index is 1.52. The highest BCUT2D eigenvalue weighted by Gasteiger charge is 2.18. The molecular weight excluding hydrogens is 879 g/mol. The summed E-state index contributed by atoms with van der Waals surface area (Å²) in [4.78, 5) is 24.9. The van der Waals surface area contributed by atoms with Crippen LogP contribution in [0.4, 0.5) is 57.7 Å². The zero-order chi connectivity index (χ0) is 42.9. The van der Waals surface area contributed by atoms with Gasteiger partial charge in [0.2, 0.25) is 17.8 Å². The van der Waals surface area contributed by atoms with Crippen LogP contribution in [0.2, 0.25) is 15.1 Å². The topological polar surface area (TPSA) is 316 Å². The molecule has 0 aliphatic rings. The van der Waals surface area contributed by atoms with E-state index in [1.807, 2.05) is 0 Å². The number of nitrogens with zero attached hydrogens (tertiary/aromatic N) is 5. The molecule has 25 heteroatoms. The van der Waals surface area contributed by atoms with Gasteiger partial charge in [0.25, 0.3) is 20.2 Å². The van der Waals surface area contributed by atoms with Gasteiger partial charge in [-0.05, 0) is 67.4 Å². The minimum Gasteiger partial charge on any atom is -0.491 e. The van der Waals surface area contributed by atoms with E-state index in [9.17, 15) is 31.3 Å². The Bertz CT molecular complexity index is 2610. The Morgan fingerprint density at radius 3 is 1.75 bits per heavy atom. The molecule has 10 N–H and O–H groups in total. The lowest BCUT2D eigenvalue weighted by Crippen LogP contribution is -2.11. The van der Waals surface area contributed by atoms with Crippen molar-refractivity contribution in [1.82, 2.24) is 15.0 Å². The van der Waals surface area contributed by atoms with Gasteiger partial charge < -0.3 is 42.0 Å². The molecular formula is C34H33Cl3N10O10S2. The van der Waals surface area contributed by atoms with Crippen LogP contribution in [0, 0.1) is 0 Å². The first-order chi connectivity index (χ1) is 27.8. The minimum absolute atomic E-state index is 0.00256. The van der Waals surface area contributed by atoms with Crippen molar-refractivity contribution in [2.24, 2.45) is 10.2 Å². The van der Waals surface area contributed by atoms with Crippen LogP contribution in [0.25, 0.3) is 0 Å². The second kappa shape index (κ2) is 19.3. The summed E-state index contributed by atoms with van der Waals surface area (Å²) < 4.78 is 75.1. The fourth-order valence-corrected chi connectivity index (χ4v) is 6.33. The lowest BCUT2D eigenvalue weighted by atomic mass is 10.2. The Kier molecular flexibility index (Phi) is 14.5. The van der Waals surface area contributed by atoms with E-state index in [4.69, 9.17) is 60.3 Å². The van der Waals surface area contributed by atoms with Crippen LogP contribution in [0.5, 0.6) is 11.5 Å². The van der Waals surface area contributed by atoms with E-state index in [0.717, 1.165) is 0 Å². The normalized spacial score (nSPS) is 11.7. The Hall–Kier alpha value is -5.75. The van der Waals surface area contributed by atoms with Gasteiger partial charge in [-0.1, -0.05) is 34.8 Å². The van der Waals surface area contributed by atoms with Crippen molar-refractivity contribution in [3.8, 4) is 11.5 Å². The number of rotatable bonds is 19. The maximum Gasteiger partial charge on any atom is 0.337 e. The number of hydrogen-bond donors (Lipinski definition) is 8. The molecule has 0 aliphatic carbocycles. The molecule has 1 heterocycles. The quantitative estimate of drug-likeness (QED) is 0.0171. The molecule has 0 saturated heterocycles. The number of aromatic nitrogens is 3. The average Bonchev–Trinajstić information content (AvgIpc) is 3.14. The molecule has 0 radical (unpaired) electrons. The monoisotopic (exact) mass is 910 g/mol. The van der Waals surface area contributed by atoms with Gasteiger partial charge in [-0.15, -0.1) is 5.11 Å². The van der Waals surface area contributed by atoms with Gasteiger partial charge in [0, 0.05) is 23.5 Å². The fourth-order valence-electron chi connectivity index (χ4n) is 4.80. The van der Waals surface area contributed by atoms with E-state index >= 15 is 0 Å². The average molecular weight is 912 g/mol. The van der Waals surface area contributed by atoms with Crippen LogP contribution in [0.1, 0.15) is 23.2 Å². The predicted molar refractivity (Wildman–Crippen MR) is 223 cm³/mol. The maximum atomic E-state index is 11.6. The number of carbonyl (C=O) groups is 1. The lowest BCUT2D eigenvalue weighted by Gasteiger charge is -2.17. The third-order valence-corrected chi connectivity index (χ3v) is 10.1. The summed E-state index contributed by atoms with van der Waals surface area (Å²) in [6, 6.07) is 16.2. The van der Waals surface area contributed by atoms with E-state index in [0.29, 0.717) is 11.4 Å². The van der Waals surface area contributed by atoms with Crippen LogP contribution in [-0.2, 0) is 20.2 Å². The van der Waals surface area contributed by atoms with Crippen molar-refractivity contribution in [3.63, 3.8) is 0 Å². The molecule has 0 bridgehead atoms. The molecule has 0 fully saturated rings. The Morgan fingerprint density at radius 2 is 1.20 bits per heavy atom. The zero-order valence-corrected chi connectivity index (χ0v) is 34.0. The number of nitrogens with one attached hydrogen (secondary N) is 3. The van der Waals surface area contributed by atoms with Crippen LogP contribution in [0.3, 0.4) is 0 Å². The lowest BCUT2D eigenvalue weighted by molar-refractivity contribution is 0.0697. The first-order valence-corrected chi connectivity index (χ1v) is 21.1. The second-order valence-electron chi connectivity index (χ2n) is 12.1. The molecule has 59 heavy (non-hydrogen) atoms. The number of nitrogens with two attached hydrogens (primary N) is 2. The summed E-state index contributed by atoms with van der Waals surface area (Å²) in [6.07, 6.45) is -0.160. The molecule has 4 aromatic carbocycles. The Morgan fingerprint density at radius 1 is 0.678 bits per heavy atom. The fraction of sp³-hybridized carbons (Fsp3) is 0.176. The van der Waals surface area contributed by atoms with Crippen LogP contribution in [-0.4, -0.2) is 76.7 Å². The number of halogens is 3.